The van der Waals surface area contributed by atoms with E-state index in [1.807, 2.05) is 6.92 Å². The first-order chi connectivity index (χ1) is 8.52. The number of hydrogen-bond acceptors (Lipinski definition) is 3. The van der Waals surface area contributed by atoms with Crippen molar-refractivity contribution in [2.45, 2.75) is 19.8 Å². The molecule has 0 spiro atoms. The van der Waals surface area contributed by atoms with E-state index in [1.54, 1.807) is 12.1 Å². The van der Waals surface area contributed by atoms with Crippen LogP contribution in [-0.4, -0.2) is 19.0 Å². The second-order valence-corrected chi connectivity index (χ2v) is 5.15. The van der Waals surface area contributed by atoms with Gasteiger partial charge in [-0.2, -0.15) is 0 Å². The average Bonchev–Trinajstić information content (AvgIpc) is 3.09. The number of benzene rings is 1. The summed E-state index contributed by atoms with van der Waals surface area (Å²) >= 11 is 6.23. The molecule has 0 atom stereocenters. The van der Waals surface area contributed by atoms with Gasteiger partial charge in [0.1, 0.15) is 0 Å². The van der Waals surface area contributed by atoms with E-state index in [4.69, 9.17) is 23.1 Å². The van der Waals surface area contributed by atoms with Crippen molar-refractivity contribution in [3.63, 3.8) is 0 Å². The van der Waals surface area contributed by atoms with Crippen molar-refractivity contribution in [3.05, 3.63) is 22.7 Å². The number of carbonyl (C=O) groups excluding carboxylic acids is 1. The second-order valence-electron chi connectivity index (χ2n) is 4.75. The first kappa shape index (κ1) is 13.0. The topological polar surface area (TPSA) is 72.3 Å². The van der Waals surface area contributed by atoms with Crippen molar-refractivity contribution in [2.24, 2.45) is 11.7 Å². The van der Waals surface area contributed by atoms with Crippen molar-refractivity contribution in [3.8, 4) is 0 Å². The minimum atomic E-state index is -0.492. The van der Waals surface area contributed by atoms with Crippen molar-refractivity contribution >= 4 is 28.9 Å². The number of primary amides is 1. The highest BCUT2D eigenvalue weighted by Gasteiger charge is 2.26. The third-order valence-corrected chi connectivity index (χ3v) is 3.51. The molecular weight excluding hydrogens is 250 g/mol. The van der Waals surface area contributed by atoms with Gasteiger partial charge in [-0.05, 0) is 37.8 Å². The van der Waals surface area contributed by atoms with Crippen molar-refractivity contribution < 1.29 is 4.79 Å². The molecule has 2 rings (SSSR count). The molecule has 1 saturated carbocycles. The lowest BCUT2D eigenvalue weighted by molar-refractivity contribution is 0.100. The molecule has 1 aliphatic rings. The summed E-state index contributed by atoms with van der Waals surface area (Å²) in [6.45, 7) is 3.75. The second kappa shape index (κ2) is 5.06. The normalized spacial score (nSPS) is 14.6. The van der Waals surface area contributed by atoms with Crippen LogP contribution in [0.2, 0.25) is 5.02 Å². The lowest BCUT2D eigenvalue weighted by atomic mass is 10.1. The number of carbonyl (C=O) groups is 1. The van der Waals surface area contributed by atoms with Gasteiger partial charge >= 0.3 is 0 Å². The fourth-order valence-electron chi connectivity index (χ4n) is 2.12. The summed E-state index contributed by atoms with van der Waals surface area (Å²) in [7, 11) is 0. The predicted octanol–water partition coefficient (Wildman–Crippen LogP) is 2.26. The van der Waals surface area contributed by atoms with Crippen LogP contribution in [0, 0.1) is 5.92 Å². The van der Waals surface area contributed by atoms with Gasteiger partial charge in [-0.25, -0.2) is 0 Å². The van der Waals surface area contributed by atoms with Gasteiger partial charge in [0.2, 0.25) is 0 Å². The van der Waals surface area contributed by atoms with Gasteiger partial charge in [0.25, 0.3) is 5.91 Å². The Morgan fingerprint density at radius 1 is 1.50 bits per heavy atom. The van der Waals surface area contributed by atoms with E-state index in [2.05, 4.69) is 4.90 Å². The maximum atomic E-state index is 11.5. The van der Waals surface area contributed by atoms with Gasteiger partial charge < -0.3 is 16.4 Å². The van der Waals surface area contributed by atoms with Crippen LogP contribution in [0.5, 0.6) is 0 Å². The summed E-state index contributed by atoms with van der Waals surface area (Å²) in [5, 5.41) is 0.492. The summed E-state index contributed by atoms with van der Waals surface area (Å²) in [5.41, 5.74) is 12.7. The van der Waals surface area contributed by atoms with Crippen LogP contribution < -0.4 is 16.4 Å². The number of halogens is 1. The van der Waals surface area contributed by atoms with Crippen molar-refractivity contribution in [2.75, 3.05) is 23.7 Å². The lowest BCUT2D eigenvalue weighted by Gasteiger charge is -2.26. The van der Waals surface area contributed by atoms with E-state index >= 15 is 0 Å². The summed E-state index contributed by atoms with van der Waals surface area (Å²) in [6, 6.07) is 3.26. The van der Waals surface area contributed by atoms with Crippen LogP contribution in [0.15, 0.2) is 12.1 Å². The monoisotopic (exact) mass is 267 g/mol. The Kier molecular flexibility index (Phi) is 3.66. The Balaban J connectivity index is 2.41. The highest BCUT2D eigenvalue weighted by molar-refractivity contribution is 6.34. The van der Waals surface area contributed by atoms with E-state index in [9.17, 15) is 4.79 Å². The number of amides is 1. The largest absolute Gasteiger partial charge is 0.399 e. The Bertz CT molecular complexity index is 472. The molecule has 0 aromatic heterocycles. The standard InChI is InChI=1S/C13H18ClN3O/c1-2-17(7-8-3-4-8)12-10(13(16)18)5-9(15)6-11(12)14/h5-6,8H,2-4,7,15H2,1H3,(H2,16,18). The maximum absolute atomic E-state index is 11.5. The number of rotatable bonds is 5. The minimum absolute atomic E-state index is 0.405. The third kappa shape index (κ3) is 2.70. The fourth-order valence-corrected chi connectivity index (χ4v) is 2.47. The molecule has 0 bridgehead atoms. The van der Waals surface area contributed by atoms with Crippen LogP contribution in [0.1, 0.15) is 30.1 Å². The Labute approximate surface area is 112 Å². The zero-order chi connectivity index (χ0) is 13.3. The van der Waals surface area contributed by atoms with E-state index in [0.29, 0.717) is 27.9 Å². The van der Waals surface area contributed by atoms with Gasteiger partial charge in [0.05, 0.1) is 16.3 Å². The van der Waals surface area contributed by atoms with Crippen molar-refractivity contribution in [1.82, 2.24) is 0 Å². The molecule has 4 N–H and O–H groups in total. The minimum Gasteiger partial charge on any atom is -0.399 e. The third-order valence-electron chi connectivity index (χ3n) is 3.22. The van der Waals surface area contributed by atoms with Crippen LogP contribution in [0.3, 0.4) is 0 Å². The van der Waals surface area contributed by atoms with Gasteiger partial charge in [-0.3, -0.25) is 4.79 Å². The fraction of sp³-hybridized carbons (Fsp3) is 0.462. The number of nitrogens with zero attached hydrogens (tertiary/aromatic N) is 1. The molecule has 18 heavy (non-hydrogen) atoms. The molecule has 0 heterocycles. The molecule has 1 amide bonds. The predicted molar refractivity (Wildman–Crippen MR) is 75.0 cm³/mol. The van der Waals surface area contributed by atoms with E-state index in [-0.39, 0.29) is 0 Å². The molecule has 1 aliphatic carbocycles. The van der Waals surface area contributed by atoms with Crippen LogP contribution in [-0.2, 0) is 0 Å². The van der Waals surface area contributed by atoms with Gasteiger partial charge in [0.15, 0.2) is 0 Å². The molecule has 4 nitrogen and oxygen atoms in total. The zero-order valence-electron chi connectivity index (χ0n) is 10.4. The lowest BCUT2D eigenvalue weighted by Crippen LogP contribution is -2.28. The average molecular weight is 268 g/mol. The summed E-state index contributed by atoms with van der Waals surface area (Å²) in [4.78, 5) is 13.6. The SMILES string of the molecule is CCN(CC1CC1)c1c(Cl)cc(N)cc1C(N)=O. The number of nitrogen functional groups attached to an aromatic ring is 1. The molecule has 0 unspecified atom stereocenters. The molecule has 5 heteroatoms. The molecule has 1 aromatic rings. The number of anilines is 2. The van der Waals surface area contributed by atoms with E-state index in [1.165, 1.54) is 12.8 Å². The van der Waals surface area contributed by atoms with Crippen molar-refractivity contribution in [1.29, 1.82) is 0 Å². The molecule has 1 fully saturated rings. The molecule has 98 valence electrons. The Morgan fingerprint density at radius 2 is 2.17 bits per heavy atom. The Morgan fingerprint density at radius 3 is 2.67 bits per heavy atom. The highest BCUT2D eigenvalue weighted by atomic mass is 35.5. The Hall–Kier alpha value is -1.42. The summed E-state index contributed by atoms with van der Waals surface area (Å²) in [6.07, 6.45) is 2.49. The van der Waals surface area contributed by atoms with Gasteiger partial charge in [0, 0.05) is 18.8 Å². The zero-order valence-corrected chi connectivity index (χ0v) is 11.2. The van der Waals surface area contributed by atoms with Gasteiger partial charge in [-0.15, -0.1) is 0 Å². The quantitative estimate of drug-likeness (QED) is 0.804. The maximum Gasteiger partial charge on any atom is 0.250 e. The van der Waals surface area contributed by atoms with Crippen LogP contribution in [0.4, 0.5) is 11.4 Å². The molecule has 0 saturated heterocycles. The van der Waals surface area contributed by atoms with E-state index in [0.717, 1.165) is 13.1 Å². The molecular formula is C13H18ClN3O. The summed E-state index contributed by atoms with van der Waals surface area (Å²) in [5.74, 6) is 0.216. The first-order valence-corrected chi connectivity index (χ1v) is 6.54. The smallest absolute Gasteiger partial charge is 0.250 e. The van der Waals surface area contributed by atoms with Crippen LogP contribution >= 0.6 is 11.6 Å². The van der Waals surface area contributed by atoms with Gasteiger partial charge in [-0.1, -0.05) is 11.6 Å². The molecule has 0 radical (unpaired) electrons. The number of nitrogens with two attached hydrogens (primary N) is 2. The molecule has 1 aromatic carbocycles. The number of hydrogen-bond donors (Lipinski definition) is 2. The highest BCUT2D eigenvalue weighted by Crippen LogP contribution is 2.36. The summed E-state index contributed by atoms with van der Waals surface area (Å²) < 4.78 is 0. The molecule has 0 aliphatic heterocycles. The van der Waals surface area contributed by atoms with Crippen LogP contribution in [0.25, 0.3) is 0 Å². The first-order valence-electron chi connectivity index (χ1n) is 6.16. The van der Waals surface area contributed by atoms with E-state index < -0.39 is 5.91 Å².